The number of anilines is 1. The van der Waals surface area contributed by atoms with Crippen LogP contribution < -0.4 is 9.62 Å². The lowest BCUT2D eigenvalue weighted by molar-refractivity contribution is 0.0964. The van der Waals surface area contributed by atoms with Crippen molar-refractivity contribution >= 4 is 33.8 Å². The Kier molecular flexibility index (Phi) is 5.60. The number of allylic oxidation sites excluding steroid dienone is 1. The molecule has 0 bridgehead atoms. The molecule has 1 amide bonds. The van der Waals surface area contributed by atoms with Gasteiger partial charge in [0.15, 0.2) is 0 Å². The minimum absolute atomic E-state index is 0.234. The zero-order valence-electron chi connectivity index (χ0n) is 15.8. The first-order chi connectivity index (χ1) is 13.4. The van der Waals surface area contributed by atoms with Crippen molar-refractivity contribution in [2.75, 3.05) is 24.7 Å². The van der Waals surface area contributed by atoms with Crippen molar-refractivity contribution in [3.63, 3.8) is 0 Å². The van der Waals surface area contributed by atoms with Gasteiger partial charge >= 0.3 is 0 Å². The van der Waals surface area contributed by atoms with Gasteiger partial charge in [-0.25, -0.2) is 8.60 Å². The highest BCUT2D eigenvalue weighted by atomic mass is 32.2. The van der Waals surface area contributed by atoms with Crippen LogP contribution in [0.5, 0.6) is 0 Å². The molecule has 0 aliphatic rings. The number of amides is 1. The lowest BCUT2D eigenvalue weighted by atomic mass is 10.0. The predicted octanol–water partition coefficient (Wildman–Crippen LogP) is 3.45. The van der Waals surface area contributed by atoms with Crippen LogP contribution in [0.25, 0.3) is 22.4 Å². The van der Waals surface area contributed by atoms with E-state index in [0.29, 0.717) is 34.5 Å². The van der Waals surface area contributed by atoms with Gasteiger partial charge in [-0.05, 0) is 36.8 Å². The van der Waals surface area contributed by atoms with Gasteiger partial charge in [-0.15, -0.1) is 6.58 Å². The fourth-order valence-electron chi connectivity index (χ4n) is 2.91. The molecule has 8 heteroatoms. The van der Waals surface area contributed by atoms with E-state index in [9.17, 15) is 13.4 Å². The molecule has 3 rings (SSSR count). The van der Waals surface area contributed by atoms with E-state index in [1.54, 1.807) is 25.4 Å². The summed E-state index contributed by atoms with van der Waals surface area (Å²) in [5.41, 5.74) is 1.86. The maximum absolute atomic E-state index is 13.3. The minimum Gasteiger partial charge on any atom is -0.437 e. The molecule has 0 saturated heterocycles. The number of aromatic nitrogens is 1. The number of benzene rings is 1. The Labute approximate surface area is 164 Å². The summed E-state index contributed by atoms with van der Waals surface area (Å²) < 4.78 is 32.7. The number of carbonyl (C=O) groups excluding carboxylic acids is 1. The zero-order valence-corrected chi connectivity index (χ0v) is 16.6. The molecule has 146 valence electrons. The first-order valence-corrected chi connectivity index (χ1v) is 10.0. The van der Waals surface area contributed by atoms with E-state index in [1.807, 2.05) is 0 Å². The van der Waals surface area contributed by atoms with Crippen LogP contribution in [0.4, 0.5) is 10.2 Å². The third-order valence-corrected chi connectivity index (χ3v) is 5.29. The van der Waals surface area contributed by atoms with Crippen molar-refractivity contribution in [2.24, 2.45) is 0 Å². The van der Waals surface area contributed by atoms with E-state index in [0.717, 1.165) is 5.56 Å². The van der Waals surface area contributed by atoms with Gasteiger partial charge in [-0.1, -0.05) is 6.08 Å². The molecule has 1 atom stereocenters. The van der Waals surface area contributed by atoms with Gasteiger partial charge in [0, 0.05) is 31.5 Å². The highest BCUT2D eigenvalue weighted by Crippen LogP contribution is 2.35. The summed E-state index contributed by atoms with van der Waals surface area (Å²) in [4.78, 5) is 17.1. The van der Waals surface area contributed by atoms with Gasteiger partial charge in [0.2, 0.25) is 5.71 Å². The molecule has 0 saturated carbocycles. The smallest absolute Gasteiger partial charge is 0.255 e. The largest absolute Gasteiger partial charge is 0.437 e. The second-order valence-electron chi connectivity index (χ2n) is 6.13. The quantitative estimate of drug-likeness (QED) is 0.642. The van der Waals surface area contributed by atoms with Gasteiger partial charge < -0.3 is 9.73 Å². The van der Waals surface area contributed by atoms with Crippen LogP contribution >= 0.6 is 0 Å². The summed E-state index contributed by atoms with van der Waals surface area (Å²) in [7, 11) is 1.90. The number of halogens is 1. The third kappa shape index (κ3) is 3.55. The van der Waals surface area contributed by atoms with E-state index in [4.69, 9.17) is 4.42 Å². The highest BCUT2D eigenvalue weighted by Gasteiger charge is 2.25. The molecular formula is C20H20FN3O3S. The monoisotopic (exact) mass is 401 g/mol. The maximum Gasteiger partial charge on any atom is 0.255 e. The topological polar surface area (TPSA) is 75.4 Å². The van der Waals surface area contributed by atoms with Crippen molar-refractivity contribution in [3.8, 4) is 11.3 Å². The van der Waals surface area contributed by atoms with Crippen LogP contribution in [0.15, 0.2) is 47.4 Å². The minimum atomic E-state index is -1.29. The molecule has 0 spiro atoms. The molecule has 0 radical (unpaired) electrons. The molecule has 3 aromatic rings. The molecule has 0 aliphatic heterocycles. The molecule has 6 nitrogen and oxygen atoms in total. The standard InChI is InChI=1S/C20H20FN3O3S/c1-5-6-13-11-15-16(19(25)22-2)17(12-7-9-14(21)10-8-12)27-20(15)23-18(13)24(3)28(4)26/h5,7-11H,1,6H2,2-4H3,(H,22,25). The first-order valence-electron chi connectivity index (χ1n) is 8.50. The summed E-state index contributed by atoms with van der Waals surface area (Å²) >= 11 is 0. The van der Waals surface area contributed by atoms with Crippen LogP contribution in [-0.4, -0.2) is 35.5 Å². The number of fused-ring (bicyclic) bond motifs is 1. The summed E-state index contributed by atoms with van der Waals surface area (Å²) in [5, 5.41) is 3.13. The lowest BCUT2D eigenvalue weighted by Crippen LogP contribution is -2.21. The number of nitrogens with zero attached hydrogens (tertiary/aromatic N) is 2. The zero-order chi connectivity index (χ0) is 20.4. The predicted molar refractivity (Wildman–Crippen MR) is 109 cm³/mol. The number of furan rings is 1. The summed E-state index contributed by atoms with van der Waals surface area (Å²) in [6.45, 7) is 3.76. The van der Waals surface area contributed by atoms with E-state index in [1.165, 1.54) is 35.6 Å². The number of hydrogen-bond acceptors (Lipinski definition) is 4. The number of hydrogen-bond donors (Lipinski definition) is 1. The summed E-state index contributed by atoms with van der Waals surface area (Å²) in [6, 6.07) is 7.47. The number of nitrogens with one attached hydrogen (secondary N) is 1. The van der Waals surface area contributed by atoms with E-state index in [2.05, 4.69) is 16.9 Å². The average Bonchev–Trinajstić information content (AvgIpc) is 3.05. The van der Waals surface area contributed by atoms with Gasteiger partial charge in [0.1, 0.15) is 28.4 Å². The molecule has 0 aliphatic carbocycles. The number of carbonyl (C=O) groups is 1. The van der Waals surface area contributed by atoms with Crippen LogP contribution in [0, 0.1) is 5.82 Å². The molecule has 0 fully saturated rings. The normalized spacial score (nSPS) is 12.0. The first kappa shape index (κ1) is 19.8. The van der Waals surface area contributed by atoms with Crippen LogP contribution in [0.3, 0.4) is 0 Å². The number of rotatable bonds is 6. The Balaban J connectivity index is 2.33. The third-order valence-electron chi connectivity index (χ3n) is 4.35. The Morgan fingerprint density at radius 3 is 2.64 bits per heavy atom. The maximum atomic E-state index is 13.3. The van der Waals surface area contributed by atoms with Crippen LogP contribution in [0.1, 0.15) is 15.9 Å². The fraction of sp³-hybridized carbons (Fsp3) is 0.200. The molecule has 1 aromatic carbocycles. The summed E-state index contributed by atoms with van der Waals surface area (Å²) in [6.07, 6.45) is 3.73. The Hall–Kier alpha value is -3.00. The van der Waals surface area contributed by atoms with Gasteiger partial charge in [-0.2, -0.15) is 4.98 Å². The van der Waals surface area contributed by atoms with Gasteiger partial charge in [-0.3, -0.25) is 9.10 Å². The summed E-state index contributed by atoms with van der Waals surface area (Å²) in [5.74, 6) is 0.0478. The van der Waals surface area contributed by atoms with Gasteiger partial charge in [0.05, 0.1) is 10.9 Å². The Bertz CT molecular complexity index is 1080. The van der Waals surface area contributed by atoms with Crippen molar-refractivity contribution in [1.82, 2.24) is 10.3 Å². The van der Waals surface area contributed by atoms with Crippen molar-refractivity contribution < 1.29 is 17.8 Å². The van der Waals surface area contributed by atoms with E-state index in [-0.39, 0.29) is 17.4 Å². The molecular weight excluding hydrogens is 381 g/mol. The molecule has 1 unspecified atom stereocenters. The van der Waals surface area contributed by atoms with Crippen molar-refractivity contribution in [2.45, 2.75) is 6.42 Å². The SMILES string of the molecule is C=CCc1cc2c(C(=O)NC)c(-c3ccc(F)cc3)oc2nc1N(C)S(C)=O. The molecule has 28 heavy (non-hydrogen) atoms. The highest BCUT2D eigenvalue weighted by molar-refractivity contribution is 7.85. The second kappa shape index (κ2) is 7.93. The van der Waals surface area contributed by atoms with E-state index < -0.39 is 11.0 Å². The molecule has 2 heterocycles. The molecule has 1 N–H and O–H groups in total. The van der Waals surface area contributed by atoms with Crippen LogP contribution in [0.2, 0.25) is 0 Å². The number of pyridine rings is 1. The molecule has 2 aromatic heterocycles. The Morgan fingerprint density at radius 2 is 2.07 bits per heavy atom. The second-order valence-corrected chi connectivity index (χ2v) is 7.53. The van der Waals surface area contributed by atoms with E-state index >= 15 is 0 Å². The Morgan fingerprint density at radius 1 is 1.39 bits per heavy atom. The van der Waals surface area contributed by atoms with Gasteiger partial charge in [0.25, 0.3) is 5.91 Å². The lowest BCUT2D eigenvalue weighted by Gasteiger charge is -2.17. The fourth-order valence-corrected chi connectivity index (χ4v) is 3.31. The van der Waals surface area contributed by atoms with Crippen LogP contribution in [-0.2, 0) is 17.4 Å². The van der Waals surface area contributed by atoms with Crippen molar-refractivity contribution in [1.29, 1.82) is 0 Å². The van der Waals surface area contributed by atoms with Crippen molar-refractivity contribution in [3.05, 3.63) is 59.9 Å². The average molecular weight is 401 g/mol.